The van der Waals surface area contributed by atoms with Crippen molar-refractivity contribution in [2.45, 2.75) is 39.3 Å². The Balaban J connectivity index is 1.44. The molecule has 156 valence electrons. The predicted octanol–water partition coefficient (Wildman–Crippen LogP) is 2.77. The number of ether oxygens (including phenoxy) is 1. The number of aliphatic imine (C=N–C) groups is 1. The number of nitrogens with one attached hydrogen (secondary N) is 2. The van der Waals surface area contributed by atoms with Gasteiger partial charge in [0.15, 0.2) is 5.96 Å². The average Bonchev–Trinajstić information content (AvgIpc) is 3.56. The van der Waals surface area contributed by atoms with Gasteiger partial charge in [0, 0.05) is 38.6 Å². The summed E-state index contributed by atoms with van der Waals surface area (Å²) in [6.07, 6.45) is 5.46. The normalized spacial score (nSPS) is 14.0. The van der Waals surface area contributed by atoms with E-state index in [1.54, 1.807) is 16.7 Å². The topological polar surface area (TPSA) is 67.7 Å². The van der Waals surface area contributed by atoms with Crippen LogP contribution in [0.1, 0.15) is 37.3 Å². The Morgan fingerprint density at radius 2 is 1.93 bits per heavy atom. The van der Waals surface area contributed by atoms with Gasteiger partial charge in [0.25, 0.3) is 5.56 Å². The third-order valence-electron chi connectivity index (χ3n) is 4.85. The van der Waals surface area contributed by atoms with E-state index in [1.807, 2.05) is 12.3 Å². The second-order valence-corrected chi connectivity index (χ2v) is 7.48. The lowest BCUT2D eigenvalue weighted by molar-refractivity contribution is 0.123. The van der Waals surface area contributed by atoms with Crippen molar-refractivity contribution in [3.05, 3.63) is 70.1 Å². The zero-order chi connectivity index (χ0) is 20.3. The molecular weight excluding hydrogens is 364 g/mol. The quantitative estimate of drug-likeness (QED) is 0.348. The van der Waals surface area contributed by atoms with Crippen LogP contribution in [0.4, 0.5) is 0 Å². The fourth-order valence-corrected chi connectivity index (χ4v) is 2.97. The molecule has 1 aliphatic carbocycles. The fourth-order valence-electron chi connectivity index (χ4n) is 2.97. The van der Waals surface area contributed by atoms with Gasteiger partial charge in [-0.1, -0.05) is 30.3 Å². The molecule has 2 N–H and O–H groups in total. The van der Waals surface area contributed by atoms with E-state index in [-0.39, 0.29) is 5.56 Å². The number of pyridine rings is 1. The van der Waals surface area contributed by atoms with Gasteiger partial charge in [-0.25, -0.2) is 4.99 Å². The summed E-state index contributed by atoms with van der Waals surface area (Å²) in [5.41, 5.74) is 2.25. The molecule has 0 saturated heterocycles. The van der Waals surface area contributed by atoms with Gasteiger partial charge < -0.3 is 19.9 Å². The summed E-state index contributed by atoms with van der Waals surface area (Å²) in [4.78, 5) is 16.5. The highest BCUT2D eigenvalue weighted by molar-refractivity contribution is 5.79. The number of guanidine groups is 1. The second-order valence-electron chi connectivity index (χ2n) is 7.48. The lowest BCUT2D eigenvalue weighted by Crippen LogP contribution is -2.38. The van der Waals surface area contributed by atoms with Gasteiger partial charge in [0.05, 0.1) is 13.1 Å². The Labute approximate surface area is 173 Å². The summed E-state index contributed by atoms with van der Waals surface area (Å²) >= 11 is 0. The zero-order valence-corrected chi connectivity index (χ0v) is 17.3. The molecule has 0 aliphatic heterocycles. The van der Waals surface area contributed by atoms with Gasteiger partial charge in [0.2, 0.25) is 0 Å². The summed E-state index contributed by atoms with van der Waals surface area (Å²) in [6.45, 7) is 6.65. The fraction of sp³-hybridized carbons (Fsp3) is 0.478. The van der Waals surface area contributed by atoms with Crippen LogP contribution in [0.2, 0.25) is 0 Å². The van der Waals surface area contributed by atoms with Crippen molar-refractivity contribution in [2.24, 2.45) is 10.9 Å². The lowest BCUT2D eigenvalue weighted by Gasteiger charge is -2.11. The maximum absolute atomic E-state index is 11.8. The van der Waals surface area contributed by atoms with Gasteiger partial charge >= 0.3 is 0 Å². The first-order valence-electron chi connectivity index (χ1n) is 10.6. The van der Waals surface area contributed by atoms with E-state index in [4.69, 9.17) is 4.74 Å². The zero-order valence-electron chi connectivity index (χ0n) is 17.3. The molecule has 0 spiro atoms. The van der Waals surface area contributed by atoms with Gasteiger partial charge in [-0.15, -0.1) is 0 Å². The first kappa shape index (κ1) is 21.1. The monoisotopic (exact) mass is 396 g/mol. The van der Waals surface area contributed by atoms with E-state index in [2.05, 4.69) is 46.8 Å². The second kappa shape index (κ2) is 11.4. The van der Waals surface area contributed by atoms with Crippen molar-refractivity contribution in [1.29, 1.82) is 0 Å². The Kier molecular flexibility index (Phi) is 8.31. The Bertz CT molecular complexity index is 825. The molecule has 1 saturated carbocycles. The van der Waals surface area contributed by atoms with Gasteiger partial charge in [-0.2, -0.15) is 0 Å². The van der Waals surface area contributed by atoms with Gasteiger partial charge in [-0.05, 0) is 49.3 Å². The van der Waals surface area contributed by atoms with Crippen LogP contribution in [0.5, 0.6) is 0 Å². The minimum absolute atomic E-state index is 0.0143. The number of aromatic nitrogens is 1. The summed E-state index contributed by atoms with van der Waals surface area (Å²) in [6, 6.07) is 13.5. The molecule has 0 atom stereocenters. The molecule has 1 fully saturated rings. The van der Waals surface area contributed by atoms with Crippen LogP contribution in [0.3, 0.4) is 0 Å². The Hall–Kier alpha value is -2.60. The molecule has 29 heavy (non-hydrogen) atoms. The first-order valence-corrected chi connectivity index (χ1v) is 10.6. The maximum Gasteiger partial charge on any atom is 0.250 e. The average molecular weight is 397 g/mol. The Morgan fingerprint density at radius 1 is 1.14 bits per heavy atom. The van der Waals surface area contributed by atoms with Crippen molar-refractivity contribution in [3.8, 4) is 0 Å². The molecule has 0 bridgehead atoms. The van der Waals surface area contributed by atoms with Gasteiger partial charge in [0.1, 0.15) is 0 Å². The largest absolute Gasteiger partial charge is 0.381 e. The van der Waals surface area contributed by atoms with Crippen molar-refractivity contribution >= 4 is 5.96 Å². The van der Waals surface area contributed by atoms with Crippen LogP contribution in [0.25, 0.3) is 0 Å². The molecule has 3 rings (SSSR count). The lowest BCUT2D eigenvalue weighted by atomic mass is 10.1. The van der Waals surface area contributed by atoms with Crippen molar-refractivity contribution in [1.82, 2.24) is 15.2 Å². The Morgan fingerprint density at radius 3 is 2.66 bits per heavy atom. The summed E-state index contributed by atoms with van der Waals surface area (Å²) < 4.78 is 7.37. The summed E-state index contributed by atoms with van der Waals surface area (Å²) in [7, 11) is 0. The van der Waals surface area contributed by atoms with Crippen LogP contribution in [0, 0.1) is 5.92 Å². The maximum atomic E-state index is 11.8. The molecule has 0 radical (unpaired) electrons. The summed E-state index contributed by atoms with van der Waals surface area (Å²) in [5, 5.41) is 6.65. The molecule has 0 amide bonds. The number of nitrogens with zero attached hydrogens (tertiary/aromatic N) is 2. The molecule has 0 unspecified atom stereocenters. The van der Waals surface area contributed by atoms with E-state index in [1.165, 1.54) is 12.8 Å². The standard InChI is InChI=1S/C23H32N4O2/c1-2-24-23(25-13-5-15-29-18-21-11-12-21)26-16-19-7-9-20(10-8-19)17-27-14-4-3-6-22(27)28/h3-4,6-10,14,21H,2,5,11-13,15-18H2,1H3,(H2,24,25,26). The van der Waals surface area contributed by atoms with Crippen molar-refractivity contribution < 1.29 is 4.74 Å². The van der Waals surface area contributed by atoms with E-state index >= 15 is 0 Å². The molecule has 1 aliphatic rings. The number of rotatable bonds is 11. The minimum atomic E-state index is 0.0143. The third kappa shape index (κ3) is 7.74. The molecule has 2 aromatic rings. The van der Waals surface area contributed by atoms with Crippen molar-refractivity contribution in [2.75, 3.05) is 26.3 Å². The molecule has 6 heteroatoms. The molecular formula is C23H32N4O2. The van der Waals surface area contributed by atoms with Crippen LogP contribution in [0.15, 0.2) is 58.4 Å². The van der Waals surface area contributed by atoms with E-state index < -0.39 is 0 Å². The molecule has 1 heterocycles. The first-order chi connectivity index (χ1) is 14.2. The molecule has 1 aromatic carbocycles. The predicted molar refractivity (Wildman–Crippen MR) is 117 cm³/mol. The SMILES string of the molecule is CCNC(=NCc1ccc(Cn2ccccc2=O)cc1)NCCCOCC1CC1. The highest BCUT2D eigenvalue weighted by atomic mass is 16.5. The molecule has 6 nitrogen and oxygen atoms in total. The van der Waals surface area contributed by atoms with Crippen molar-refractivity contribution in [3.63, 3.8) is 0 Å². The van der Waals surface area contributed by atoms with Crippen LogP contribution in [-0.2, 0) is 17.8 Å². The smallest absolute Gasteiger partial charge is 0.250 e. The third-order valence-corrected chi connectivity index (χ3v) is 4.85. The van der Waals surface area contributed by atoms with Gasteiger partial charge in [-0.3, -0.25) is 4.79 Å². The van der Waals surface area contributed by atoms with E-state index in [0.717, 1.165) is 55.7 Å². The van der Waals surface area contributed by atoms with Crippen LogP contribution >= 0.6 is 0 Å². The van der Waals surface area contributed by atoms with Crippen LogP contribution in [-0.4, -0.2) is 36.8 Å². The number of benzene rings is 1. The van der Waals surface area contributed by atoms with E-state index in [9.17, 15) is 4.79 Å². The highest BCUT2D eigenvalue weighted by Gasteiger charge is 2.20. The van der Waals surface area contributed by atoms with E-state index in [0.29, 0.717) is 13.1 Å². The highest BCUT2D eigenvalue weighted by Crippen LogP contribution is 2.28. The number of hydrogen-bond acceptors (Lipinski definition) is 3. The van der Waals surface area contributed by atoms with Crippen LogP contribution < -0.4 is 16.2 Å². The molecule has 1 aromatic heterocycles. The minimum Gasteiger partial charge on any atom is -0.381 e. The summed E-state index contributed by atoms with van der Waals surface area (Å²) in [5.74, 6) is 1.65. The number of hydrogen-bond donors (Lipinski definition) is 2.